The summed E-state index contributed by atoms with van der Waals surface area (Å²) in [5.41, 5.74) is 1.02. The van der Waals surface area contributed by atoms with Gasteiger partial charge >= 0.3 is 5.97 Å². The second-order valence-corrected chi connectivity index (χ2v) is 5.73. The van der Waals surface area contributed by atoms with Crippen LogP contribution in [0.1, 0.15) is 30.7 Å². The van der Waals surface area contributed by atoms with Gasteiger partial charge in [0.25, 0.3) is 5.91 Å². The molecule has 1 amide bonds. The van der Waals surface area contributed by atoms with Crippen LogP contribution in [0.25, 0.3) is 0 Å². The molecule has 100 valence electrons. The monoisotopic (exact) mass is 296 g/mol. The molecule has 5 nitrogen and oxygen atoms in total. The number of aromatic nitrogens is 1. The second kappa shape index (κ2) is 5.94. The first-order valence-electron chi connectivity index (χ1n) is 5.58. The van der Waals surface area contributed by atoms with Gasteiger partial charge < -0.3 is 10.4 Å². The van der Waals surface area contributed by atoms with Crippen LogP contribution in [0, 0.1) is 6.92 Å². The fourth-order valence-corrected chi connectivity index (χ4v) is 3.11. The largest absolute Gasteiger partial charge is 0.476 e. The molecule has 0 bridgehead atoms. The van der Waals surface area contributed by atoms with Crippen LogP contribution >= 0.6 is 22.7 Å². The number of aryl methyl sites for hydroxylation is 1. The fourth-order valence-electron chi connectivity index (χ4n) is 1.49. The summed E-state index contributed by atoms with van der Waals surface area (Å²) in [5, 5.41) is 15.6. The van der Waals surface area contributed by atoms with E-state index in [2.05, 4.69) is 10.3 Å². The van der Waals surface area contributed by atoms with Crippen molar-refractivity contribution in [3.8, 4) is 0 Å². The molecule has 0 unspecified atom stereocenters. The Morgan fingerprint density at radius 2 is 2.21 bits per heavy atom. The van der Waals surface area contributed by atoms with E-state index < -0.39 is 5.97 Å². The van der Waals surface area contributed by atoms with Crippen LogP contribution in [0.3, 0.4) is 0 Å². The molecule has 2 N–H and O–H groups in total. The lowest BCUT2D eigenvalue weighted by Gasteiger charge is -2.02. The van der Waals surface area contributed by atoms with E-state index in [-0.39, 0.29) is 11.6 Å². The van der Waals surface area contributed by atoms with Crippen molar-refractivity contribution in [2.45, 2.75) is 13.3 Å². The zero-order valence-electron chi connectivity index (χ0n) is 10.2. The van der Waals surface area contributed by atoms with Crippen molar-refractivity contribution in [2.75, 3.05) is 6.54 Å². The smallest absolute Gasteiger partial charge is 0.355 e. The first-order valence-corrected chi connectivity index (χ1v) is 7.34. The Morgan fingerprint density at radius 3 is 2.79 bits per heavy atom. The molecule has 0 fully saturated rings. The van der Waals surface area contributed by atoms with Gasteiger partial charge in [-0.2, -0.15) is 0 Å². The Labute approximate surface area is 117 Å². The molecule has 0 radical (unpaired) electrons. The van der Waals surface area contributed by atoms with E-state index in [1.165, 1.54) is 28.1 Å². The molecular weight excluding hydrogens is 284 g/mol. The molecule has 0 atom stereocenters. The maximum Gasteiger partial charge on any atom is 0.355 e. The number of thiazole rings is 1. The highest BCUT2D eigenvalue weighted by atomic mass is 32.1. The first kappa shape index (κ1) is 13.7. The predicted molar refractivity (Wildman–Crippen MR) is 74.2 cm³/mol. The molecule has 2 aromatic heterocycles. The number of nitrogens with zero attached hydrogens (tertiary/aromatic N) is 1. The summed E-state index contributed by atoms with van der Waals surface area (Å²) in [6.45, 7) is 2.34. The molecule has 2 rings (SSSR count). The van der Waals surface area contributed by atoms with Gasteiger partial charge in [-0.1, -0.05) is 0 Å². The molecule has 2 aromatic rings. The lowest BCUT2D eigenvalue weighted by molar-refractivity contribution is 0.0690. The molecule has 2 heterocycles. The first-order chi connectivity index (χ1) is 9.08. The number of carboxylic acids is 1. The summed E-state index contributed by atoms with van der Waals surface area (Å²) in [7, 11) is 0. The van der Waals surface area contributed by atoms with Crippen LogP contribution in [-0.2, 0) is 6.42 Å². The van der Waals surface area contributed by atoms with E-state index in [9.17, 15) is 9.59 Å². The number of carbonyl (C=O) groups excluding carboxylic acids is 1. The quantitative estimate of drug-likeness (QED) is 0.886. The molecule has 0 aromatic carbocycles. The minimum Gasteiger partial charge on any atom is -0.476 e. The summed E-state index contributed by atoms with van der Waals surface area (Å²) < 4.78 is 0. The maximum absolute atomic E-state index is 11.8. The molecule has 0 saturated carbocycles. The Kier molecular flexibility index (Phi) is 4.28. The summed E-state index contributed by atoms with van der Waals surface area (Å²) in [6.07, 6.45) is 0.536. The summed E-state index contributed by atoms with van der Waals surface area (Å²) in [4.78, 5) is 27.2. The highest BCUT2D eigenvalue weighted by Crippen LogP contribution is 2.15. The zero-order valence-corrected chi connectivity index (χ0v) is 11.8. The molecule has 0 spiro atoms. The van der Waals surface area contributed by atoms with Crippen molar-refractivity contribution in [2.24, 2.45) is 0 Å². The zero-order chi connectivity index (χ0) is 13.8. The van der Waals surface area contributed by atoms with Crippen molar-refractivity contribution in [3.63, 3.8) is 0 Å². The predicted octanol–water partition coefficient (Wildman–Crippen LogP) is 2.18. The normalized spacial score (nSPS) is 10.4. The number of hydrogen-bond donors (Lipinski definition) is 2. The molecule has 0 saturated heterocycles. The van der Waals surface area contributed by atoms with Gasteiger partial charge in [-0.05, 0) is 23.9 Å². The number of aromatic carboxylic acids is 1. The Hall–Kier alpha value is -1.73. The van der Waals surface area contributed by atoms with Crippen LogP contribution in [-0.4, -0.2) is 28.5 Å². The van der Waals surface area contributed by atoms with E-state index in [1.54, 1.807) is 0 Å². The Bertz CT molecular complexity index is 604. The van der Waals surface area contributed by atoms with Gasteiger partial charge in [0, 0.05) is 18.3 Å². The summed E-state index contributed by atoms with van der Waals surface area (Å²) in [5.74, 6) is -1.12. The van der Waals surface area contributed by atoms with Gasteiger partial charge in [0.1, 0.15) is 0 Å². The molecule has 0 aliphatic heterocycles. The number of amides is 1. The van der Waals surface area contributed by atoms with E-state index in [0.717, 1.165) is 5.56 Å². The lowest BCUT2D eigenvalue weighted by atomic mass is 10.3. The highest BCUT2D eigenvalue weighted by molar-refractivity contribution is 7.12. The number of hydrogen-bond acceptors (Lipinski definition) is 5. The van der Waals surface area contributed by atoms with Crippen molar-refractivity contribution >= 4 is 34.6 Å². The van der Waals surface area contributed by atoms with Gasteiger partial charge in [0.2, 0.25) is 0 Å². The summed E-state index contributed by atoms with van der Waals surface area (Å²) in [6, 6.07) is 1.90. The van der Waals surface area contributed by atoms with Crippen molar-refractivity contribution in [1.82, 2.24) is 10.3 Å². The Balaban J connectivity index is 1.85. The van der Waals surface area contributed by atoms with Crippen LogP contribution in [0.15, 0.2) is 16.8 Å². The van der Waals surface area contributed by atoms with Crippen molar-refractivity contribution < 1.29 is 14.7 Å². The average molecular weight is 296 g/mol. The van der Waals surface area contributed by atoms with Crippen LogP contribution < -0.4 is 5.32 Å². The van der Waals surface area contributed by atoms with E-state index >= 15 is 0 Å². The minimum atomic E-state index is -1.03. The Morgan fingerprint density at radius 1 is 1.42 bits per heavy atom. The second-order valence-electron chi connectivity index (χ2n) is 3.87. The van der Waals surface area contributed by atoms with E-state index in [0.29, 0.717) is 22.9 Å². The number of carboxylic acid groups (broad SMARTS) is 1. The minimum absolute atomic E-state index is 0.0560. The average Bonchev–Trinajstić information content (AvgIpc) is 2.97. The number of nitrogens with one attached hydrogen (secondary N) is 1. The van der Waals surface area contributed by atoms with Crippen molar-refractivity contribution in [1.29, 1.82) is 0 Å². The third-order valence-corrected chi connectivity index (χ3v) is 4.39. The third-order valence-electron chi connectivity index (χ3n) is 2.46. The third kappa shape index (κ3) is 3.39. The lowest BCUT2D eigenvalue weighted by Crippen LogP contribution is -2.25. The molecular formula is C12H12N2O3S2. The van der Waals surface area contributed by atoms with Gasteiger partial charge in [0.15, 0.2) is 5.69 Å². The number of carbonyl (C=O) groups is 2. The van der Waals surface area contributed by atoms with Crippen molar-refractivity contribution in [3.05, 3.63) is 38.0 Å². The van der Waals surface area contributed by atoms with E-state index in [1.807, 2.05) is 18.4 Å². The molecule has 0 aliphatic carbocycles. The van der Waals surface area contributed by atoms with Gasteiger partial charge in [-0.25, -0.2) is 9.78 Å². The fraction of sp³-hybridized carbons (Fsp3) is 0.250. The highest BCUT2D eigenvalue weighted by Gasteiger charge is 2.11. The van der Waals surface area contributed by atoms with Gasteiger partial charge in [-0.15, -0.1) is 22.7 Å². The van der Waals surface area contributed by atoms with Crippen LogP contribution in [0.2, 0.25) is 0 Å². The molecule has 19 heavy (non-hydrogen) atoms. The molecule has 0 aliphatic rings. The van der Waals surface area contributed by atoms with Gasteiger partial charge in [-0.3, -0.25) is 4.79 Å². The SMILES string of the molecule is Cc1ccsc1C(=O)NCCc1nc(C(=O)O)cs1. The maximum atomic E-state index is 11.8. The molecule has 7 heteroatoms. The summed E-state index contributed by atoms with van der Waals surface area (Å²) >= 11 is 2.70. The number of thiophene rings is 1. The van der Waals surface area contributed by atoms with Gasteiger partial charge in [0.05, 0.1) is 9.88 Å². The topological polar surface area (TPSA) is 79.3 Å². The van der Waals surface area contributed by atoms with Crippen LogP contribution in [0.4, 0.5) is 0 Å². The standard InChI is InChI=1S/C12H12N2O3S2/c1-7-3-5-18-10(7)11(15)13-4-2-9-14-8(6-19-9)12(16)17/h3,5-6H,2,4H2,1H3,(H,13,15)(H,16,17). The van der Waals surface area contributed by atoms with E-state index in [4.69, 9.17) is 5.11 Å². The number of rotatable bonds is 5. The van der Waals surface area contributed by atoms with Crippen LogP contribution in [0.5, 0.6) is 0 Å².